The maximum Gasteiger partial charge on any atom is 0.411 e. The van der Waals surface area contributed by atoms with Gasteiger partial charge in [0, 0.05) is 5.56 Å². The third kappa shape index (κ3) is 3.95. The van der Waals surface area contributed by atoms with Crippen molar-refractivity contribution in [3.63, 3.8) is 0 Å². The Hall–Kier alpha value is -2.09. The molecule has 20 heavy (non-hydrogen) atoms. The standard InChI is InChI=1S/C12H12F3NO4/c1-20-11(19)8(17)9(12(13,14)15)16-10(18)7-5-3-2-4-6-7/h2-6,8-9,17H,1H3,(H,16,18)/t8-,9+/m1/s1. The fourth-order valence-corrected chi connectivity index (χ4v) is 1.41. The quantitative estimate of drug-likeness (QED) is 0.808. The average Bonchev–Trinajstić information content (AvgIpc) is 2.42. The van der Waals surface area contributed by atoms with E-state index in [9.17, 15) is 27.9 Å². The minimum absolute atomic E-state index is 0.0289. The van der Waals surface area contributed by atoms with E-state index >= 15 is 0 Å². The Morgan fingerprint density at radius 2 is 1.80 bits per heavy atom. The second-order valence-corrected chi connectivity index (χ2v) is 3.83. The van der Waals surface area contributed by atoms with E-state index in [2.05, 4.69) is 4.74 Å². The fraction of sp³-hybridized carbons (Fsp3) is 0.333. The average molecular weight is 291 g/mol. The first-order valence-corrected chi connectivity index (χ1v) is 5.46. The van der Waals surface area contributed by atoms with Crippen LogP contribution >= 0.6 is 0 Å². The Morgan fingerprint density at radius 1 is 1.25 bits per heavy atom. The third-order valence-electron chi connectivity index (χ3n) is 2.43. The van der Waals surface area contributed by atoms with E-state index in [1.54, 1.807) is 11.4 Å². The van der Waals surface area contributed by atoms with Gasteiger partial charge in [0.1, 0.15) is 0 Å². The van der Waals surface area contributed by atoms with E-state index in [1.807, 2.05) is 0 Å². The molecule has 0 saturated carbocycles. The second kappa shape index (κ2) is 6.38. The largest absolute Gasteiger partial charge is 0.467 e. The SMILES string of the molecule is COC(=O)[C@H](O)[C@H](NC(=O)c1ccccc1)C(F)(F)F. The van der Waals surface area contributed by atoms with E-state index < -0.39 is 30.2 Å². The molecule has 0 aliphatic rings. The smallest absolute Gasteiger partial charge is 0.411 e. The molecule has 0 aliphatic carbocycles. The lowest BCUT2D eigenvalue weighted by Gasteiger charge is -2.24. The molecule has 8 heteroatoms. The normalized spacial score (nSPS) is 14.2. The summed E-state index contributed by atoms with van der Waals surface area (Å²) in [5, 5.41) is 10.9. The summed E-state index contributed by atoms with van der Waals surface area (Å²) in [6.45, 7) is 0. The molecule has 2 atom stereocenters. The van der Waals surface area contributed by atoms with E-state index in [1.165, 1.54) is 24.3 Å². The number of nitrogens with one attached hydrogen (secondary N) is 1. The molecule has 1 aromatic carbocycles. The number of ether oxygens (including phenoxy) is 1. The minimum Gasteiger partial charge on any atom is -0.467 e. The molecule has 110 valence electrons. The Labute approximate surface area is 112 Å². The van der Waals surface area contributed by atoms with Crippen molar-refractivity contribution >= 4 is 11.9 Å². The fourth-order valence-electron chi connectivity index (χ4n) is 1.41. The molecule has 0 unspecified atom stereocenters. The Morgan fingerprint density at radius 3 is 2.25 bits per heavy atom. The van der Waals surface area contributed by atoms with Crippen molar-refractivity contribution in [3.8, 4) is 0 Å². The van der Waals surface area contributed by atoms with Gasteiger partial charge in [0.25, 0.3) is 5.91 Å². The van der Waals surface area contributed by atoms with Crippen LogP contribution in [0.3, 0.4) is 0 Å². The Kier molecular flexibility index (Phi) is 5.09. The van der Waals surface area contributed by atoms with Crippen molar-refractivity contribution in [2.24, 2.45) is 0 Å². The first kappa shape index (κ1) is 16.0. The third-order valence-corrected chi connectivity index (χ3v) is 2.43. The molecule has 0 aliphatic heterocycles. The van der Waals surface area contributed by atoms with Gasteiger partial charge in [0.05, 0.1) is 7.11 Å². The molecule has 5 nitrogen and oxygen atoms in total. The van der Waals surface area contributed by atoms with Gasteiger partial charge in [0.2, 0.25) is 0 Å². The number of aliphatic hydroxyl groups is 1. The van der Waals surface area contributed by atoms with Crippen molar-refractivity contribution in [3.05, 3.63) is 35.9 Å². The number of carbonyl (C=O) groups is 2. The van der Waals surface area contributed by atoms with Gasteiger partial charge in [-0.3, -0.25) is 4.79 Å². The predicted molar refractivity (Wildman–Crippen MR) is 61.8 cm³/mol. The van der Waals surface area contributed by atoms with Crippen molar-refractivity contribution < 1.29 is 32.6 Å². The molecule has 2 N–H and O–H groups in total. The summed E-state index contributed by atoms with van der Waals surface area (Å²) in [5.41, 5.74) is -0.0289. The van der Waals surface area contributed by atoms with Gasteiger partial charge >= 0.3 is 12.1 Å². The molecule has 0 bridgehead atoms. The zero-order valence-electron chi connectivity index (χ0n) is 10.3. The summed E-state index contributed by atoms with van der Waals surface area (Å²) in [4.78, 5) is 22.6. The summed E-state index contributed by atoms with van der Waals surface area (Å²) in [6, 6.07) is 4.37. The first-order valence-electron chi connectivity index (χ1n) is 5.46. The molecular weight excluding hydrogens is 279 g/mol. The topological polar surface area (TPSA) is 75.6 Å². The maximum atomic E-state index is 12.8. The van der Waals surface area contributed by atoms with Crippen LogP contribution in [0, 0.1) is 0 Å². The van der Waals surface area contributed by atoms with Gasteiger partial charge in [-0.1, -0.05) is 18.2 Å². The Bertz CT molecular complexity index is 475. The highest BCUT2D eigenvalue weighted by atomic mass is 19.4. The zero-order chi connectivity index (χ0) is 15.3. The predicted octanol–water partition coefficient (Wildman–Crippen LogP) is 0.881. The lowest BCUT2D eigenvalue weighted by atomic mass is 10.1. The summed E-state index contributed by atoms with van der Waals surface area (Å²) < 4.78 is 42.3. The van der Waals surface area contributed by atoms with Crippen molar-refractivity contribution in [2.45, 2.75) is 18.3 Å². The summed E-state index contributed by atoms with van der Waals surface area (Å²) >= 11 is 0. The van der Waals surface area contributed by atoms with Crippen LogP contribution in [0.4, 0.5) is 13.2 Å². The molecule has 0 spiro atoms. The summed E-state index contributed by atoms with van der Waals surface area (Å²) in [7, 11) is 0.831. The molecule has 1 amide bonds. The van der Waals surface area contributed by atoms with E-state index in [4.69, 9.17) is 0 Å². The summed E-state index contributed by atoms with van der Waals surface area (Å²) in [5.74, 6) is -2.54. The minimum atomic E-state index is -5.00. The number of alkyl halides is 3. The number of methoxy groups -OCH3 is 1. The highest BCUT2D eigenvalue weighted by Gasteiger charge is 2.48. The van der Waals surface area contributed by atoms with Crippen LogP contribution in [0.25, 0.3) is 0 Å². The molecule has 0 radical (unpaired) electrons. The van der Waals surface area contributed by atoms with Crippen molar-refractivity contribution in [1.29, 1.82) is 0 Å². The van der Waals surface area contributed by atoms with Crippen LogP contribution in [0.1, 0.15) is 10.4 Å². The first-order chi connectivity index (χ1) is 9.27. The molecule has 0 heterocycles. The zero-order valence-corrected chi connectivity index (χ0v) is 10.3. The van der Waals surface area contributed by atoms with Crippen LogP contribution in [-0.2, 0) is 9.53 Å². The van der Waals surface area contributed by atoms with Crippen LogP contribution in [0.15, 0.2) is 30.3 Å². The lowest BCUT2D eigenvalue weighted by molar-refractivity contribution is -0.188. The van der Waals surface area contributed by atoms with Gasteiger partial charge in [-0.15, -0.1) is 0 Å². The van der Waals surface area contributed by atoms with Gasteiger partial charge in [-0.2, -0.15) is 13.2 Å². The van der Waals surface area contributed by atoms with Crippen LogP contribution in [0.5, 0.6) is 0 Å². The molecular formula is C12H12F3NO4. The second-order valence-electron chi connectivity index (χ2n) is 3.83. The highest BCUT2D eigenvalue weighted by molar-refractivity contribution is 5.94. The summed E-state index contributed by atoms with van der Waals surface area (Å²) in [6.07, 6.45) is -7.54. The molecule has 0 aromatic heterocycles. The Balaban J connectivity index is 2.92. The number of halogens is 3. The number of carbonyl (C=O) groups excluding carboxylic acids is 2. The molecule has 0 fully saturated rings. The lowest BCUT2D eigenvalue weighted by Crippen LogP contribution is -2.55. The molecule has 0 saturated heterocycles. The van der Waals surface area contributed by atoms with Gasteiger partial charge in [-0.25, -0.2) is 4.79 Å². The monoisotopic (exact) mass is 291 g/mol. The number of benzene rings is 1. The van der Waals surface area contributed by atoms with Gasteiger partial charge in [-0.05, 0) is 12.1 Å². The number of hydrogen-bond donors (Lipinski definition) is 2. The number of aliphatic hydroxyl groups excluding tert-OH is 1. The molecule has 1 aromatic rings. The van der Waals surface area contributed by atoms with Crippen molar-refractivity contribution in [1.82, 2.24) is 5.32 Å². The number of hydrogen-bond acceptors (Lipinski definition) is 4. The van der Waals surface area contributed by atoms with E-state index in [0.717, 1.165) is 7.11 Å². The van der Waals surface area contributed by atoms with E-state index in [0.29, 0.717) is 0 Å². The van der Waals surface area contributed by atoms with Gasteiger partial charge < -0.3 is 15.2 Å². The highest BCUT2D eigenvalue weighted by Crippen LogP contribution is 2.23. The van der Waals surface area contributed by atoms with Crippen LogP contribution < -0.4 is 5.32 Å². The van der Waals surface area contributed by atoms with Crippen LogP contribution in [-0.4, -0.2) is 42.4 Å². The number of rotatable bonds is 4. The van der Waals surface area contributed by atoms with E-state index in [-0.39, 0.29) is 5.56 Å². The van der Waals surface area contributed by atoms with Gasteiger partial charge in [0.15, 0.2) is 12.1 Å². The van der Waals surface area contributed by atoms with Crippen LogP contribution in [0.2, 0.25) is 0 Å². The maximum absolute atomic E-state index is 12.8. The number of esters is 1. The van der Waals surface area contributed by atoms with Crippen molar-refractivity contribution in [2.75, 3.05) is 7.11 Å². The number of amides is 1. The molecule has 1 rings (SSSR count).